The number of nitrogens with one attached hydrogen (secondary N) is 1. The van der Waals surface area contributed by atoms with Gasteiger partial charge in [-0.3, -0.25) is 9.59 Å². The average molecular weight is 722 g/mol. The van der Waals surface area contributed by atoms with E-state index in [9.17, 15) is 14.7 Å². The number of nitrogens with two attached hydrogens (primary N) is 1. The lowest BCUT2D eigenvalue weighted by Gasteiger charge is -2.71. The Morgan fingerprint density at radius 3 is 2.42 bits per heavy atom. The molecule has 1 aliphatic heterocycles. The standard InChI is InChI=1S/C42H67N5O5/c1-24(2)26(5)37(6)17-18-39(8)28-13-14-31-38(7)20-51-22-42(31,29(28)15-16-40(39,9)32(37)36(49)50)19-30(33(38)52-21-41(10,43)25(3)4)47-34(44-23-45-47)35(48)46-27-11-12-27/h15,23-28,30-33H,11-14,16-22,43H2,1-10H3,(H,46,48)(H,49,50)/t26-,28+,30-,31+,32-,33+,37-,38+,39-,40+,41+,42+/m1/s1. The van der Waals surface area contributed by atoms with Crippen LogP contribution in [0.3, 0.4) is 0 Å². The van der Waals surface area contributed by atoms with E-state index in [1.54, 1.807) is 0 Å². The van der Waals surface area contributed by atoms with Gasteiger partial charge in [0.2, 0.25) is 5.82 Å². The summed E-state index contributed by atoms with van der Waals surface area (Å²) in [5.74, 6) is 0.515. The van der Waals surface area contributed by atoms with Crippen molar-refractivity contribution in [2.45, 2.75) is 144 Å². The second-order valence-electron chi connectivity index (χ2n) is 20.3. The van der Waals surface area contributed by atoms with Crippen LogP contribution in [0.5, 0.6) is 0 Å². The molecule has 10 heteroatoms. The Morgan fingerprint density at radius 1 is 1.08 bits per heavy atom. The van der Waals surface area contributed by atoms with E-state index in [1.807, 2.05) is 4.68 Å². The average Bonchev–Trinajstić information content (AvgIpc) is 3.74. The Bertz CT molecular complexity index is 1600. The van der Waals surface area contributed by atoms with Gasteiger partial charge in [-0.05, 0) is 104 Å². The van der Waals surface area contributed by atoms with E-state index >= 15 is 0 Å². The third kappa shape index (κ3) is 5.41. The van der Waals surface area contributed by atoms with Crippen molar-refractivity contribution in [2.75, 3.05) is 19.8 Å². The number of rotatable bonds is 10. The summed E-state index contributed by atoms with van der Waals surface area (Å²) in [5.41, 5.74) is 6.21. The molecule has 1 aromatic heterocycles. The summed E-state index contributed by atoms with van der Waals surface area (Å²) in [6.07, 6.45) is 11.1. The number of fused-ring (bicyclic) bond motifs is 3. The summed E-state index contributed by atoms with van der Waals surface area (Å²) in [6, 6.07) is -0.0602. The second kappa shape index (κ2) is 12.6. The van der Waals surface area contributed by atoms with Crippen molar-refractivity contribution in [1.82, 2.24) is 20.1 Å². The molecule has 6 aliphatic rings. The second-order valence-corrected chi connectivity index (χ2v) is 20.3. The molecule has 290 valence electrons. The zero-order valence-electron chi connectivity index (χ0n) is 33.6. The number of aliphatic carboxylic acids is 1. The van der Waals surface area contributed by atoms with Crippen molar-refractivity contribution in [1.29, 1.82) is 0 Å². The first kappa shape index (κ1) is 38.0. The molecule has 0 aromatic carbocycles. The van der Waals surface area contributed by atoms with Crippen LogP contribution in [0.25, 0.3) is 0 Å². The van der Waals surface area contributed by atoms with Gasteiger partial charge in [0.25, 0.3) is 5.91 Å². The monoisotopic (exact) mass is 722 g/mol. The maximum atomic E-state index is 13.7. The minimum absolute atomic E-state index is 0.182. The lowest BCUT2D eigenvalue weighted by molar-refractivity contribution is -0.252. The number of nitrogens with zero attached hydrogens (tertiary/aromatic N) is 3. The number of hydrogen-bond donors (Lipinski definition) is 3. The molecular weight excluding hydrogens is 654 g/mol. The maximum absolute atomic E-state index is 13.7. The van der Waals surface area contributed by atoms with Crippen LogP contribution < -0.4 is 11.1 Å². The number of allylic oxidation sites excluding steroid dienone is 1. The summed E-state index contributed by atoms with van der Waals surface area (Å²) in [6.45, 7) is 24.0. The van der Waals surface area contributed by atoms with E-state index in [4.69, 9.17) is 20.3 Å². The van der Waals surface area contributed by atoms with Gasteiger partial charge in [-0.1, -0.05) is 74.0 Å². The lowest BCUT2D eigenvalue weighted by atomic mass is 9.34. The smallest absolute Gasteiger partial charge is 0.307 e. The Morgan fingerprint density at radius 2 is 1.79 bits per heavy atom. The SMILES string of the molecule is CC(C)[C@@H](C)[C@@]1(C)CC[C@]2(C)[C@H]3CC[C@@H]4[C@@]5(COC[C@]4(C)[C@@H](OC[C@](C)(N)C(C)C)[C@H](n4ncnc4C(=O)NC4CC4)C5)C3=CC[C@@]2(C)[C@@H]1C(=O)O. The normalized spacial score (nSPS) is 43.1. The molecule has 2 heterocycles. The fraction of sp³-hybridized carbons (Fsp3) is 0.857. The number of aromatic nitrogens is 3. The number of carboxylic acid groups (broad SMARTS) is 1. The van der Waals surface area contributed by atoms with Crippen molar-refractivity contribution in [3.05, 3.63) is 23.8 Å². The van der Waals surface area contributed by atoms with Crippen LogP contribution in [0.1, 0.15) is 137 Å². The summed E-state index contributed by atoms with van der Waals surface area (Å²) in [4.78, 5) is 31.7. The molecule has 1 amide bonds. The van der Waals surface area contributed by atoms with Crippen molar-refractivity contribution in [3.63, 3.8) is 0 Å². The zero-order valence-corrected chi connectivity index (χ0v) is 33.6. The van der Waals surface area contributed by atoms with Gasteiger partial charge in [-0.25, -0.2) is 9.67 Å². The summed E-state index contributed by atoms with van der Waals surface area (Å²) < 4.78 is 15.7. The van der Waals surface area contributed by atoms with Crippen LogP contribution in [0, 0.1) is 62.6 Å². The molecule has 1 aromatic rings. The van der Waals surface area contributed by atoms with Crippen molar-refractivity contribution in [3.8, 4) is 0 Å². The van der Waals surface area contributed by atoms with Crippen LogP contribution >= 0.6 is 0 Å². The molecule has 0 radical (unpaired) electrons. The minimum Gasteiger partial charge on any atom is -0.481 e. The van der Waals surface area contributed by atoms with Crippen LogP contribution in [-0.2, 0) is 14.3 Å². The Balaban J connectivity index is 1.33. The van der Waals surface area contributed by atoms with E-state index in [2.05, 4.69) is 85.6 Å². The van der Waals surface area contributed by atoms with Crippen molar-refractivity contribution < 1.29 is 24.2 Å². The summed E-state index contributed by atoms with van der Waals surface area (Å²) >= 11 is 0. The molecule has 10 nitrogen and oxygen atoms in total. The Labute approximate surface area is 311 Å². The molecule has 4 N–H and O–H groups in total. The highest BCUT2D eigenvalue weighted by molar-refractivity contribution is 5.91. The van der Waals surface area contributed by atoms with Gasteiger partial charge in [-0.15, -0.1) is 0 Å². The predicted molar refractivity (Wildman–Crippen MR) is 200 cm³/mol. The van der Waals surface area contributed by atoms with E-state index in [0.29, 0.717) is 49.8 Å². The Kier molecular flexibility index (Phi) is 9.22. The molecule has 2 bridgehead atoms. The molecule has 5 fully saturated rings. The fourth-order valence-electron chi connectivity index (χ4n) is 12.7. The van der Waals surface area contributed by atoms with Crippen LogP contribution in [-0.4, -0.2) is 69.3 Å². The molecule has 12 atom stereocenters. The van der Waals surface area contributed by atoms with Crippen LogP contribution in [0.4, 0.5) is 0 Å². The van der Waals surface area contributed by atoms with Gasteiger partial charge in [0.1, 0.15) is 6.33 Å². The molecule has 4 saturated carbocycles. The summed E-state index contributed by atoms with van der Waals surface area (Å²) in [7, 11) is 0. The van der Waals surface area contributed by atoms with Crippen molar-refractivity contribution in [2.24, 2.45) is 68.3 Å². The van der Waals surface area contributed by atoms with E-state index in [0.717, 1.165) is 44.9 Å². The van der Waals surface area contributed by atoms with E-state index in [-0.39, 0.29) is 57.6 Å². The van der Waals surface area contributed by atoms with E-state index in [1.165, 1.54) is 11.9 Å². The third-order valence-corrected chi connectivity index (χ3v) is 17.0. The number of amides is 1. The first-order valence-electron chi connectivity index (χ1n) is 20.4. The highest BCUT2D eigenvalue weighted by Crippen LogP contribution is 2.75. The first-order valence-corrected chi connectivity index (χ1v) is 20.4. The van der Waals surface area contributed by atoms with Gasteiger partial charge in [0.15, 0.2) is 0 Å². The van der Waals surface area contributed by atoms with Crippen LogP contribution in [0.15, 0.2) is 18.0 Å². The predicted octanol–water partition coefficient (Wildman–Crippen LogP) is 7.06. The fourth-order valence-corrected chi connectivity index (χ4v) is 12.7. The minimum atomic E-state index is -0.644. The largest absolute Gasteiger partial charge is 0.481 e. The summed E-state index contributed by atoms with van der Waals surface area (Å²) in [5, 5.41) is 19.0. The third-order valence-electron chi connectivity index (χ3n) is 17.0. The Hall–Kier alpha value is -2.30. The molecule has 7 rings (SSSR count). The lowest BCUT2D eigenvalue weighted by Crippen LogP contribution is -2.69. The van der Waals surface area contributed by atoms with Gasteiger partial charge in [-0.2, -0.15) is 5.10 Å². The first-order chi connectivity index (χ1) is 24.3. The highest BCUT2D eigenvalue weighted by atomic mass is 16.5. The number of hydrogen-bond acceptors (Lipinski definition) is 7. The molecule has 5 aliphatic carbocycles. The number of carbonyl (C=O) groups excluding carboxylic acids is 1. The van der Waals surface area contributed by atoms with Crippen molar-refractivity contribution >= 4 is 11.9 Å². The van der Waals surface area contributed by atoms with Gasteiger partial charge in [0.05, 0.1) is 37.9 Å². The van der Waals surface area contributed by atoms with E-state index < -0.39 is 22.8 Å². The molecule has 1 saturated heterocycles. The molecule has 0 unspecified atom stereocenters. The van der Waals surface area contributed by atoms with Crippen LogP contribution in [0.2, 0.25) is 0 Å². The number of ether oxygens (including phenoxy) is 2. The topological polar surface area (TPSA) is 142 Å². The maximum Gasteiger partial charge on any atom is 0.307 e. The quantitative estimate of drug-likeness (QED) is 0.218. The molecular formula is C42H67N5O5. The zero-order chi connectivity index (χ0) is 37.8. The van der Waals surface area contributed by atoms with Gasteiger partial charge >= 0.3 is 5.97 Å². The van der Waals surface area contributed by atoms with Gasteiger partial charge < -0.3 is 25.6 Å². The highest BCUT2D eigenvalue weighted by Gasteiger charge is 2.72. The molecule has 52 heavy (non-hydrogen) atoms. The number of carboxylic acids is 1. The molecule has 0 spiro atoms. The number of carbonyl (C=O) groups is 2. The van der Waals surface area contributed by atoms with Gasteiger partial charge in [0, 0.05) is 22.4 Å².